The summed E-state index contributed by atoms with van der Waals surface area (Å²) < 4.78 is 11.1. The van der Waals surface area contributed by atoms with Gasteiger partial charge in [0.2, 0.25) is 12.0 Å². The van der Waals surface area contributed by atoms with E-state index in [0.29, 0.717) is 24.5 Å². The molecule has 1 aliphatic heterocycles. The number of rotatable bonds is 6. The summed E-state index contributed by atoms with van der Waals surface area (Å²) in [5, 5.41) is 6.57. The van der Waals surface area contributed by atoms with E-state index in [0.717, 1.165) is 16.5 Å². The number of aromatic nitrogens is 1. The number of H-pyrrole nitrogens is 1. The third-order valence-corrected chi connectivity index (χ3v) is 4.62. The Hall–Kier alpha value is -3.48. The van der Waals surface area contributed by atoms with Crippen LogP contribution in [0, 0.1) is 0 Å². The molecule has 0 bridgehead atoms. The molecule has 4 rings (SSSR count). The Morgan fingerprint density at radius 3 is 2.71 bits per heavy atom. The van der Waals surface area contributed by atoms with Crippen molar-refractivity contribution in [3.63, 3.8) is 0 Å². The second kappa shape index (κ2) is 8.04. The quantitative estimate of drug-likeness (QED) is 0.609. The van der Waals surface area contributed by atoms with Crippen molar-refractivity contribution in [3.8, 4) is 11.5 Å². The number of aromatic amines is 1. The molecule has 1 aromatic heterocycles. The largest absolute Gasteiger partial charge is 0.485 e. The molecule has 7 heteroatoms. The standard InChI is InChI=1S/C21H21N3O4/c25-20(22-10-9-14-11-23-16-6-2-1-5-15(14)16)12-24-21(26)19-13-27-17-7-3-4-8-18(17)28-19/h1-8,11,19,23H,9-10,12-13H2,(H,22,25)(H,24,26). The van der Waals surface area contributed by atoms with Crippen LogP contribution < -0.4 is 20.1 Å². The maximum atomic E-state index is 12.2. The maximum Gasteiger partial charge on any atom is 0.265 e. The van der Waals surface area contributed by atoms with Gasteiger partial charge in [0.05, 0.1) is 6.54 Å². The normalized spacial score (nSPS) is 15.2. The highest BCUT2D eigenvalue weighted by Gasteiger charge is 2.27. The molecule has 1 atom stereocenters. The molecular formula is C21H21N3O4. The van der Waals surface area contributed by atoms with Gasteiger partial charge in [0.1, 0.15) is 6.61 Å². The van der Waals surface area contributed by atoms with Gasteiger partial charge in [0.25, 0.3) is 5.91 Å². The molecule has 0 spiro atoms. The summed E-state index contributed by atoms with van der Waals surface area (Å²) >= 11 is 0. The minimum Gasteiger partial charge on any atom is -0.485 e. The summed E-state index contributed by atoms with van der Waals surface area (Å²) in [6, 6.07) is 15.2. The molecule has 3 N–H and O–H groups in total. The first-order valence-electron chi connectivity index (χ1n) is 9.18. The first kappa shape index (κ1) is 17.9. The summed E-state index contributed by atoms with van der Waals surface area (Å²) in [6.45, 7) is 0.506. The smallest absolute Gasteiger partial charge is 0.265 e. The highest BCUT2D eigenvalue weighted by molar-refractivity contribution is 5.87. The van der Waals surface area contributed by atoms with E-state index in [1.165, 1.54) is 0 Å². The fourth-order valence-electron chi connectivity index (χ4n) is 3.17. The summed E-state index contributed by atoms with van der Waals surface area (Å²) in [5.41, 5.74) is 2.22. The molecule has 0 radical (unpaired) electrons. The van der Waals surface area contributed by atoms with E-state index in [2.05, 4.69) is 15.6 Å². The van der Waals surface area contributed by atoms with Gasteiger partial charge in [0.15, 0.2) is 11.5 Å². The van der Waals surface area contributed by atoms with Crippen LogP contribution in [-0.2, 0) is 16.0 Å². The van der Waals surface area contributed by atoms with Crippen LogP contribution in [0.15, 0.2) is 54.7 Å². The van der Waals surface area contributed by atoms with Gasteiger partial charge in [0, 0.05) is 23.6 Å². The lowest BCUT2D eigenvalue weighted by molar-refractivity contribution is -0.132. The number of carbonyl (C=O) groups is 2. The summed E-state index contributed by atoms with van der Waals surface area (Å²) in [6.07, 6.45) is 1.89. The molecular weight excluding hydrogens is 358 g/mol. The minimum atomic E-state index is -0.770. The molecule has 2 aromatic carbocycles. The summed E-state index contributed by atoms with van der Waals surface area (Å²) in [4.78, 5) is 27.4. The van der Waals surface area contributed by atoms with Crippen molar-refractivity contribution in [1.29, 1.82) is 0 Å². The average Bonchev–Trinajstić information content (AvgIpc) is 3.15. The molecule has 1 aliphatic rings. The number of nitrogens with one attached hydrogen (secondary N) is 3. The Balaban J connectivity index is 1.21. The van der Waals surface area contributed by atoms with E-state index in [9.17, 15) is 9.59 Å². The highest BCUT2D eigenvalue weighted by Crippen LogP contribution is 2.30. The minimum absolute atomic E-state index is 0.103. The van der Waals surface area contributed by atoms with Gasteiger partial charge < -0.3 is 25.1 Å². The monoisotopic (exact) mass is 379 g/mol. The molecule has 28 heavy (non-hydrogen) atoms. The van der Waals surface area contributed by atoms with Crippen molar-refractivity contribution < 1.29 is 19.1 Å². The number of para-hydroxylation sites is 3. The molecule has 3 aromatic rings. The van der Waals surface area contributed by atoms with E-state index >= 15 is 0 Å². The molecule has 0 aliphatic carbocycles. The van der Waals surface area contributed by atoms with E-state index in [-0.39, 0.29) is 25.0 Å². The number of hydrogen-bond acceptors (Lipinski definition) is 4. The van der Waals surface area contributed by atoms with Crippen LogP contribution in [-0.4, -0.2) is 42.6 Å². The average molecular weight is 379 g/mol. The van der Waals surface area contributed by atoms with E-state index in [1.807, 2.05) is 42.6 Å². The van der Waals surface area contributed by atoms with Crippen LogP contribution in [0.5, 0.6) is 11.5 Å². The fraction of sp³-hybridized carbons (Fsp3) is 0.238. The molecule has 144 valence electrons. The first-order valence-corrected chi connectivity index (χ1v) is 9.18. The molecule has 0 saturated carbocycles. The second-order valence-corrected chi connectivity index (χ2v) is 6.54. The van der Waals surface area contributed by atoms with Crippen LogP contribution in [0.3, 0.4) is 0 Å². The molecule has 7 nitrogen and oxygen atoms in total. The zero-order valence-electron chi connectivity index (χ0n) is 15.2. The third-order valence-electron chi connectivity index (χ3n) is 4.62. The van der Waals surface area contributed by atoms with Crippen molar-refractivity contribution in [2.45, 2.75) is 12.5 Å². The lowest BCUT2D eigenvalue weighted by atomic mass is 10.1. The fourth-order valence-corrected chi connectivity index (χ4v) is 3.17. The third kappa shape index (κ3) is 3.93. The predicted molar refractivity (Wildman–Crippen MR) is 104 cm³/mol. The van der Waals surface area contributed by atoms with E-state index in [4.69, 9.17) is 9.47 Å². The summed E-state index contributed by atoms with van der Waals surface area (Å²) in [7, 11) is 0. The van der Waals surface area contributed by atoms with Crippen LogP contribution in [0.25, 0.3) is 10.9 Å². The van der Waals surface area contributed by atoms with Gasteiger partial charge in [-0.2, -0.15) is 0 Å². The van der Waals surface area contributed by atoms with Crippen LogP contribution in [0.1, 0.15) is 5.56 Å². The zero-order valence-corrected chi connectivity index (χ0v) is 15.2. The molecule has 2 heterocycles. The molecule has 2 amide bonds. The van der Waals surface area contributed by atoms with Crippen molar-refractivity contribution in [3.05, 3.63) is 60.3 Å². The van der Waals surface area contributed by atoms with Crippen molar-refractivity contribution in [2.75, 3.05) is 19.7 Å². The predicted octanol–water partition coefficient (Wildman–Crippen LogP) is 1.78. The number of amides is 2. The van der Waals surface area contributed by atoms with Crippen molar-refractivity contribution in [2.24, 2.45) is 0 Å². The lowest BCUT2D eigenvalue weighted by Gasteiger charge is -2.25. The van der Waals surface area contributed by atoms with Crippen LogP contribution in [0.2, 0.25) is 0 Å². The van der Waals surface area contributed by atoms with E-state index < -0.39 is 6.10 Å². The lowest BCUT2D eigenvalue weighted by Crippen LogP contribution is -2.47. The van der Waals surface area contributed by atoms with E-state index in [1.54, 1.807) is 12.1 Å². The zero-order chi connectivity index (χ0) is 19.3. The highest BCUT2D eigenvalue weighted by atomic mass is 16.6. The maximum absolute atomic E-state index is 12.2. The van der Waals surface area contributed by atoms with Gasteiger partial charge in [-0.1, -0.05) is 30.3 Å². The Labute approximate surface area is 162 Å². The van der Waals surface area contributed by atoms with Crippen LogP contribution >= 0.6 is 0 Å². The van der Waals surface area contributed by atoms with Gasteiger partial charge in [-0.25, -0.2) is 0 Å². The molecule has 1 unspecified atom stereocenters. The molecule has 0 saturated heterocycles. The number of ether oxygens (including phenoxy) is 2. The Kier molecular flexibility index (Phi) is 5.14. The number of benzene rings is 2. The Morgan fingerprint density at radius 2 is 1.82 bits per heavy atom. The SMILES string of the molecule is O=C(CNC(=O)C1COc2ccccc2O1)NCCc1c[nH]c2ccccc12. The molecule has 0 fully saturated rings. The van der Waals surface area contributed by atoms with Crippen molar-refractivity contribution in [1.82, 2.24) is 15.6 Å². The van der Waals surface area contributed by atoms with Crippen LogP contribution in [0.4, 0.5) is 0 Å². The van der Waals surface area contributed by atoms with Gasteiger partial charge in [-0.3, -0.25) is 9.59 Å². The first-order chi connectivity index (χ1) is 13.7. The Bertz CT molecular complexity index is 998. The number of hydrogen-bond donors (Lipinski definition) is 3. The van der Waals surface area contributed by atoms with Gasteiger partial charge in [-0.05, 0) is 30.2 Å². The number of fused-ring (bicyclic) bond motifs is 2. The van der Waals surface area contributed by atoms with Gasteiger partial charge >= 0.3 is 0 Å². The number of carbonyl (C=O) groups excluding carboxylic acids is 2. The summed E-state index contributed by atoms with van der Waals surface area (Å²) in [5.74, 6) is 0.519. The Morgan fingerprint density at radius 1 is 1.04 bits per heavy atom. The van der Waals surface area contributed by atoms with Gasteiger partial charge in [-0.15, -0.1) is 0 Å². The second-order valence-electron chi connectivity index (χ2n) is 6.54. The van der Waals surface area contributed by atoms with Crippen molar-refractivity contribution >= 4 is 22.7 Å². The topological polar surface area (TPSA) is 92.5 Å².